The third-order valence-electron chi connectivity index (χ3n) is 4.62. The summed E-state index contributed by atoms with van der Waals surface area (Å²) in [5.41, 5.74) is 2.95. The Morgan fingerprint density at radius 2 is 2.07 bits per heavy atom. The number of halogens is 3. The van der Waals surface area contributed by atoms with Gasteiger partial charge in [0.25, 0.3) is 0 Å². The van der Waals surface area contributed by atoms with Crippen LogP contribution in [-0.2, 0) is 6.42 Å². The Hall–Kier alpha value is -1.88. The number of H-pyrrole nitrogens is 1. The zero-order chi connectivity index (χ0) is 18.9. The number of fused-ring (bicyclic) bond motifs is 1. The fourth-order valence-corrected chi connectivity index (χ4v) is 7.60. The molecule has 1 fully saturated rings. The molecule has 27 heavy (non-hydrogen) atoms. The summed E-state index contributed by atoms with van der Waals surface area (Å²) in [6.45, 7) is 3.21. The number of nitrogens with zero attached hydrogens (tertiary/aromatic N) is 4. The number of benzene rings is 1. The summed E-state index contributed by atoms with van der Waals surface area (Å²) in [6, 6.07) is 8.27. The normalized spacial score (nSPS) is 18.7. The van der Waals surface area contributed by atoms with E-state index in [4.69, 9.17) is 0 Å². The van der Waals surface area contributed by atoms with Gasteiger partial charge in [-0.2, -0.15) is 0 Å². The molecule has 2 N–H and O–H groups in total. The van der Waals surface area contributed by atoms with Gasteiger partial charge < -0.3 is 0 Å². The minimum atomic E-state index is -2.75. The standard InChI is InChI=1S/C18H21F2IN6/c1-13-2-4-14(5-3-13)6-8-27-9-7-21(18(19,20)11-27)25-16-15-10-24-26-17(15)23-12-22-16/h2-5,10,12H,6-9,11H2,1H3,(H2,22,23,24,25,26). The quantitative estimate of drug-likeness (QED) is 0.328. The van der Waals surface area contributed by atoms with Crippen LogP contribution in [0.1, 0.15) is 11.1 Å². The predicted molar refractivity (Wildman–Crippen MR) is 110 cm³/mol. The first kappa shape index (κ1) is 18.5. The van der Waals surface area contributed by atoms with Gasteiger partial charge in [-0.3, -0.25) is 0 Å². The first-order valence-electron chi connectivity index (χ1n) is 8.73. The van der Waals surface area contributed by atoms with Gasteiger partial charge in [0.15, 0.2) is 0 Å². The average Bonchev–Trinajstić information content (AvgIpc) is 3.13. The fourth-order valence-electron chi connectivity index (χ4n) is 3.04. The third-order valence-corrected chi connectivity index (χ3v) is 9.58. The molecule has 3 aromatic rings. The number of rotatable bonds is 5. The number of hydrogen-bond donors (Lipinski definition) is 2. The molecule has 0 radical (unpaired) electrons. The van der Waals surface area contributed by atoms with Gasteiger partial charge in [0.05, 0.1) is 0 Å². The van der Waals surface area contributed by atoms with Gasteiger partial charge in [0.2, 0.25) is 0 Å². The van der Waals surface area contributed by atoms with Crippen molar-refractivity contribution in [2.24, 2.45) is 0 Å². The Bertz CT molecular complexity index is 914. The molecule has 0 spiro atoms. The Morgan fingerprint density at radius 1 is 1.26 bits per heavy atom. The average molecular weight is 486 g/mol. The molecule has 1 aliphatic heterocycles. The van der Waals surface area contributed by atoms with Crippen LogP contribution in [0.2, 0.25) is 0 Å². The predicted octanol–water partition coefficient (Wildman–Crippen LogP) is 3.65. The monoisotopic (exact) mass is 486 g/mol. The van der Waals surface area contributed by atoms with Gasteiger partial charge in [-0.1, -0.05) is 0 Å². The van der Waals surface area contributed by atoms with Crippen LogP contribution in [0.5, 0.6) is 0 Å². The molecule has 144 valence electrons. The zero-order valence-corrected chi connectivity index (χ0v) is 17.1. The van der Waals surface area contributed by atoms with Crippen molar-refractivity contribution in [3.8, 4) is 0 Å². The maximum absolute atomic E-state index is 14.8. The van der Waals surface area contributed by atoms with E-state index in [1.807, 2.05) is 11.8 Å². The van der Waals surface area contributed by atoms with Crippen LogP contribution in [0.4, 0.5) is 14.6 Å². The minimum absolute atomic E-state index is 0.184. The van der Waals surface area contributed by atoms with E-state index in [2.05, 4.69) is 48.0 Å². The van der Waals surface area contributed by atoms with Crippen LogP contribution in [-0.4, -0.2) is 53.1 Å². The van der Waals surface area contributed by atoms with Gasteiger partial charge in [-0.25, -0.2) is 0 Å². The second-order valence-electron chi connectivity index (χ2n) is 6.63. The van der Waals surface area contributed by atoms with Crippen molar-refractivity contribution < 1.29 is 8.78 Å². The molecule has 3 heterocycles. The molecule has 0 aliphatic carbocycles. The third kappa shape index (κ3) is 4.18. The summed E-state index contributed by atoms with van der Waals surface area (Å²) in [7, 11) is 0. The molecule has 1 saturated heterocycles. The Morgan fingerprint density at radius 3 is 2.85 bits per heavy atom. The van der Waals surface area contributed by atoms with E-state index in [0.717, 1.165) is 6.42 Å². The molecule has 1 aliphatic rings. The number of aromatic amines is 1. The molecule has 0 amide bonds. The zero-order valence-electron chi connectivity index (χ0n) is 14.9. The summed E-state index contributed by atoms with van der Waals surface area (Å²) in [4.78, 5) is 10.1. The summed E-state index contributed by atoms with van der Waals surface area (Å²) in [6.07, 6.45) is 3.73. The summed E-state index contributed by atoms with van der Waals surface area (Å²) in [5, 5.41) is 7.32. The summed E-state index contributed by atoms with van der Waals surface area (Å²) in [5.74, 6) is 0.465. The summed E-state index contributed by atoms with van der Waals surface area (Å²) >= 11 is -2.75. The molecule has 4 rings (SSSR count). The Balaban J connectivity index is 1.38. The molecule has 6 nitrogen and oxygen atoms in total. The molecule has 2 aromatic heterocycles. The van der Waals surface area contributed by atoms with Gasteiger partial charge in [-0.05, 0) is 0 Å². The van der Waals surface area contributed by atoms with E-state index in [0.29, 0.717) is 34.4 Å². The second-order valence-corrected chi connectivity index (χ2v) is 11.9. The SMILES string of the molecule is Cc1ccc(CCN2CCI(Nc3ncnc4[nH]ncc34)C(F)(F)C2)cc1. The topological polar surface area (TPSA) is 69.7 Å². The van der Waals surface area contributed by atoms with Gasteiger partial charge >= 0.3 is 164 Å². The number of nitrogens with one attached hydrogen (secondary N) is 2. The Labute approximate surface area is 163 Å². The Kier molecular flexibility index (Phi) is 5.22. The first-order chi connectivity index (χ1) is 13.0. The number of aryl methyl sites for hydroxylation is 1. The number of hydrogen-bond acceptors (Lipinski definition) is 5. The van der Waals surface area contributed by atoms with Crippen LogP contribution in [0.3, 0.4) is 0 Å². The molecule has 0 atom stereocenters. The second kappa shape index (κ2) is 7.63. The van der Waals surface area contributed by atoms with Gasteiger partial charge in [0.1, 0.15) is 0 Å². The number of alkyl halides is 4. The molecule has 0 unspecified atom stereocenters. The van der Waals surface area contributed by atoms with E-state index < -0.39 is 24.0 Å². The molecule has 0 saturated carbocycles. The van der Waals surface area contributed by atoms with Crippen molar-refractivity contribution in [2.75, 3.05) is 27.6 Å². The van der Waals surface area contributed by atoms with E-state index in [1.54, 1.807) is 6.20 Å². The number of anilines is 1. The van der Waals surface area contributed by atoms with E-state index in [-0.39, 0.29) is 6.54 Å². The molecule has 1 aromatic carbocycles. The van der Waals surface area contributed by atoms with Crippen LogP contribution < -0.4 is 3.53 Å². The molecular formula is C18H21F2IN6. The summed E-state index contributed by atoms with van der Waals surface area (Å²) < 4.78 is 30.5. The van der Waals surface area contributed by atoms with E-state index in [1.165, 1.54) is 17.5 Å². The molecule has 0 bridgehead atoms. The van der Waals surface area contributed by atoms with Crippen molar-refractivity contribution in [3.63, 3.8) is 0 Å². The van der Waals surface area contributed by atoms with Crippen molar-refractivity contribution in [3.05, 3.63) is 47.9 Å². The first-order valence-corrected chi connectivity index (χ1v) is 12.4. The van der Waals surface area contributed by atoms with Crippen molar-refractivity contribution in [1.29, 1.82) is 0 Å². The van der Waals surface area contributed by atoms with Gasteiger partial charge in [0, 0.05) is 0 Å². The maximum atomic E-state index is 14.8. The van der Waals surface area contributed by atoms with Crippen molar-refractivity contribution in [1.82, 2.24) is 25.1 Å². The van der Waals surface area contributed by atoms with Crippen molar-refractivity contribution in [2.45, 2.75) is 17.3 Å². The van der Waals surface area contributed by atoms with Crippen LogP contribution in [0.25, 0.3) is 11.0 Å². The van der Waals surface area contributed by atoms with E-state index >= 15 is 0 Å². The van der Waals surface area contributed by atoms with Gasteiger partial charge in [-0.15, -0.1) is 0 Å². The molecular weight excluding hydrogens is 465 g/mol. The van der Waals surface area contributed by atoms with Crippen LogP contribution in [0.15, 0.2) is 36.8 Å². The van der Waals surface area contributed by atoms with Crippen LogP contribution in [0, 0.1) is 6.92 Å². The molecule has 9 heteroatoms. The van der Waals surface area contributed by atoms with E-state index in [9.17, 15) is 8.78 Å². The fraction of sp³-hybridized carbons (Fsp3) is 0.389. The number of aromatic nitrogens is 4. The van der Waals surface area contributed by atoms with Crippen molar-refractivity contribution >= 4 is 36.9 Å². The van der Waals surface area contributed by atoms with Crippen LogP contribution >= 0.6 is 20.1 Å².